The number of benzene rings is 1. The van der Waals surface area contributed by atoms with E-state index in [1.807, 2.05) is 12.3 Å². The van der Waals surface area contributed by atoms with E-state index >= 15 is 0 Å². The molecule has 0 bridgehead atoms. The third kappa shape index (κ3) is 3.92. The molecule has 4 aromatic rings. The second-order valence-electron chi connectivity index (χ2n) is 6.92. The first kappa shape index (κ1) is 21.0. The van der Waals surface area contributed by atoms with Crippen LogP contribution < -0.4 is 16.0 Å². The average molecular weight is 546 g/mol. The number of aromatic nitrogens is 5. The number of pyridine rings is 1. The summed E-state index contributed by atoms with van der Waals surface area (Å²) in [5.41, 5.74) is 1.14. The summed E-state index contributed by atoms with van der Waals surface area (Å²) in [6.07, 6.45) is 1.94. The topological polar surface area (TPSA) is 129 Å². The molecule has 156 valence electrons. The highest BCUT2D eigenvalue weighted by molar-refractivity contribution is 9.11. The maximum Gasteiger partial charge on any atom is 0.349 e. The Morgan fingerprint density at radius 3 is 2.55 bits per heavy atom. The lowest BCUT2D eigenvalue weighted by molar-refractivity contribution is 0.459. The zero-order valence-corrected chi connectivity index (χ0v) is 19.4. The van der Waals surface area contributed by atoms with E-state index in [1.54, 1.807) is 24.3 Å². The number of hydrogen-bond donors (Lipinski definition) is 2. The van der Waals surface area contributed by atoms with Crippen molar-refractivity contribution >= 4 is 42.9 Å². The molecular weight excluding hydrogens is 532 g/mol. The van der Waals surface area contributed by atoms with Gasteiger partial charge in [0.1, 0.15) is 6.07 Å². The van der Waals surface area contributed by atoms with Gasteiger partial charge in [-0.3, -0.25) is 9.78 Å². The lowest BCUT2D eigenvalue weighted by Gasteiger charge is -2.12. The van der Waals surface area contributed by atoms with E-state index in [2.05, 4.69) is 65.8 Å². The minimum absolute atomic E-state index is 0.302. The predicted octanol–water partition coefficient (Wildman–Crippen LogP) is 4.11. The Balaban J connectivity index is 1.75. The van der Waals surface area contributed by atoms with Crippen LogP contribution in [0.1, 0.15) is 31.0 Å². The van der Waals surface area contributed by atoms with E-state index in [9.17, 15) is 9.59 Å². The van der Waals surface area contributed by atoms with Crippen LogP contribution in [0, 0.1) is 11.3 Å². The summed E-state index contributed by atoms with van der Waals surface area (Å²) in [6.45, 7) is 4.18. The first-order valence-electron chi connectivity index (χ1n) is 9.07. The van der Waals surface area contributed by atoms with Gasteiger partial charge in [-0.15, -0.1) is 5.10 Å². The molecule has 0 radical (unpaired) electrons. The molecular formula is C20H14Br2N6O3. The summed E-state index contributed by atoms with van der Waals surface area (Å²) in [7, 11) is 0. The molecule has 9 nitrogen and oxygen atoms in total. The van der Waals surface area contributed by atoms with E-state index in [0.29, 0.717) is 32.2 Å². The summed E-state index contributed by atoms with van der Waals surface area (Å²) in [5, 5.41) is 12.8. The Morgan fingerprint density at radius 1 is 1.19 bits per heavy atom. The molecule has 0 spiro atoms. The molecule has 0 saturated heterocycles. The number of nitriles is 1. The van der Waals surface area contributed by atoms with Crippen molar-refractivity contribution in [3.8, 4) is 23.4 Å². The summed E-state index contributed by atoms with van der Waals surface area (Å²) in [5.74, 6) is 1.14. The quantitative estimate of drug-likeness (QED) is 0.397. The summed E-state index contributed by atoms with van der Waals surface area (Å²) in [4.78, 5) is 33.6. The number of nitrogens with one attached hydrogen (secondary N) is 2. The van der Waals surface area contributed by atoms with Crippen molar-refractivity contribution in [3.05, 3.63) is 71.5 Å². The van der Waals surface area contributed by atoms with Gasteiger partial charge in [-0.05, 0) is 61.5 Å². The zero-order valence-electron chi connectivity index (χ0n) is 16.2. The Hall–Kier alpha value is -3.23. The van der Waals surface area contributed by atoms with Crippen LogP contribution in [0.5, 0.6) is 11.6 Å². The third-order valence-electron chi connectivity index (χ3n) is 4.52. The Morgan fingerprint density at radius 2 is 1.90 bits per heavy atom. The monoisotopic (exact) mass is 544 g/mol. The fourth-order valence-corrected chi connectivity index (χ4v) is 4.34. The lowest BCUT2D eigenvalue weighted by atomic mass is 10.1. The second kappa shape index (κ2) is 8.13. The van der Waals surface area contributed by atoms with Gasteiger partial charge in [0, 0.05) is 12.3 Å². The smallest absolute Gasteiger partial charge is 0.349 e. The van der Waals surface area contributed by atoms with Gasteiger partial charge in [-0.1, -0.05) is 13.8 Å². The van der Waals surface area contributed by atoms with Crippen LogP contribution >= 0.6 is 31.9 Å². The van der Waals surface area contributed by atoms with Crippen molar-refractivity contribution in [2.75, 3.05) is 0 Å². The van der Waals surface area contributed by atoms with Crippen molar-refractivity contribution in [1.82, 2.24) is 24.7 Å². The molecule has 0 aliphatic rings. The second-order valence-corrected chi connectivity index (χ2v) is 8.63. The minimum Gasteiger partial charge on any atom is -0.437 e. The van der Waals surface area contributed by atoms with E-state index in [1.165, 1.54) is 0 Å². The SMILES string of the molecule is CC(C)c1c[nH]c2ccc(Oc3c(Br)cc(-n4nc(C#N)c(=O)[nH]c4=O)cc3Br)nc12. The Kier molecular flexibility index (Phi) is 5.51. The van der Waals surface area contributed by atoms with Crippen molar-refractivity contribution in [1.29, 1.82) is 5.26 Å². The van der Waals surface area contributed by atoms with E-state index in [-0.39, 0.29) is 0 Å². The zero-order chi connectivity index (χ0) is 22.3. The number of fused-ring (bicyclic) bond motifs is 1. The van der Waals surface area contributed by atoms with Crippen LogP contribution in [-0.2, 0) is 0 Å². The molecule has 0 unspecified atom stereocenters. The standard InChI is InChI=1S/C20H14Br2N6O3/c1-9(2)11-8-24-14-3-4-16(25-17(11)14)31-18-12(21)5-10(6-13(18)22)28-20(30)26-19(29)15(7-23)27-28/h3-6,8-9,24H,1-2H3,(H,26,29,30). The number of ether oxygens (including phenoxy) is 1. The molecule has 11 heteroatoms. The highest BCUT2D eigenvalue weighted by Gasteiger charge is 2.16. The van der Waals surface area contributed by atoms with Crippen LogP contribution in [0.4, 0.5) is 0 Å². The van der Waals surface area contributed by atoms with Gasteiger partial charge in [-0.2, -0.15) is 9.94 Å². The number of aromatic amines is 2. The van der Waals surface area contributed by atoms with Crippen molar-refractivity contribution < 1.29 is 4.74 Å². The number of hydrogen-bond acceptors (Lipinski definition) is 6. The molecule has 0 aliphatic heterocycles. The molecule has 0 aliphatic carbocycles. The van der Waals surface area contributed by atoms with Crippen molar-refractivity contribution in [3.63, 3.8) is 0 Å². The molecule has 1 aromatic carbocycles. The molecule has 0 saturated carbocycles. The highest BCUT2D eigenvalue weighted by atomic mass is 79.9. The molecule has 31 heavy (non-hydrogen) atoms. The molecule has 3 aromatic heterocycles. The van der Waals surface area contributed by atoms with Crippen LogP contribution in [0.15, 0.2) is 49.0 Å². The molecule has 0 atom stereocenters. The molecule has 2 N–H and O–H groups in total. The van der Waals surface area contributed by atoms with Gasteiger partial charge in [0.05, 0.1) is 25.7 Å². The normalized spacial score (nSPS) is 11.1. The van der Waals surface area contributed by atoms with E-state index in [0.717, 1.165) is 21.3 Å². The first-order chi connectivity index (χ1) is 14.8. The van der Waals surface area contributed by atoms with Gasteiger partial charge in [0.25, 0.3) is 5.56 Å². The average Bonchev–Trinajstić information content (AvgIpc) is 3.14. The van der Waals surface area contributed by atoms with Gasteiger partial charge in [-0.25, -0.2) is 9.78 Å². The van der Waals surface area contributed by atoms with Crippen LogP contribution in [0.25, 0.3) is 16.7 Å². The summed E-state index contributed by atoms with van der Waals surface area (Å²) in [6, 6.07) is 8.48. The number of nitrogens with zero attached hydrogens (tertiary/aromatic N) is 4. The van der Waals surface area contributed by atoms with Crippen LogP contribution in [0.2, 0.25) is 0 Å². The maximum absolute atomic E-state index is 12.2. The van der Waals surface area contributed by atoms with Crippen molar-refractivity contribution in [2.24, 2.45) is 0 Å². The minimum atomic E-state index is -0.839. The fraction of sp³-hybridized carbons (Fsp3) is 0.150. The maximum atomic E-state index is 12.2. The molecule has 3 heterocycles. The molecule has 4 rings (SSSR count). The van der Waals surface area contributed by atoms with Crippen LogP contribution in [-0.4, -0.2) is 24.7 Å². The van der Waals surface area contributed by atoms with Gasteiger partial charge < -0.3 is 9.72 Å². The highest BCUT2D eigenvalue weighted by Crippen LogP contribution is 2.38. The van der Waals surface area contributed by atoms with Gasteiger partial charge >= 0.3 is 5.69 Å². The number of rotatable bonds is 4. The lowest BCUT2D eigenvalue weighted by Crippen LogP contribution is -2.33. The van der Waals surface area contributed by atoms with Crippen LogP contribution in [0.3, 0.4) is 0 Å². The van der Waals surface area contributed by atoms with Gasteiger partial charge in [0.2, 0.25) is 11.6 Å². The largest absolute Gasteiger partial charge is 0.437 e. The summed E-state index contributed by atoms with van der Waals surface area (Å²) >= 11 is 6.88. The summed E-state index contributed by atoms with van der Waals surface area (Å²) < 4.78 is 7.95. The number of H-pyrrole nitrogens is 2. The van der Waals surface area contributed by atoms with E-state index in [4.69, 9.17) is 10.00 Å². The van der Waals surface area contributed by atoms with E-state index < -0.39 is 16.9 Å². The van der Waals surface area contributed by atoms with Gasteiger partial charge in [0.15, 0.2) is 5.75 Å². The first-order valence-corrected chi connectivity index (χ1v) is 10.7. The molecule has 0 fully saturated rings. The molecule has 0 amide bonds. The third-order valence-corrected chi connectivity index (χ3v) is 5.69. The predicted molar refractivity (Wildman–Crippen MR) is 121 cm³/mol. The van der Waals surface area contributed by atoms with Crippen molar-refractivity contribution in [2.45, 2.75) is 19.8 Å². The Bertz CT molecular complexity index is 1460. The fourth-order valence-electron chi connectivity index (χ4n) is 3.02. The Labute approximate surface area is 192 Å². The number of halogens is 2.